The average molecular weight is 519 g/mol. The number of aliphatic imine (C=N–C) groups is 1. The van der Waals surface area contributed by atoms with E-state index in [1.807, 2.05) is 12.1 Å². The number of halogens is 1. The molecular formula is C20H34IN5O3. The lowest BCUT2D eigenvalue weighted by Gasteiger charge is -2.29. The highest BCUT2D eigenvalue weighted by molar-refractivity contribution is 14.0. The Morgan fingerprint density at radius 3 is 2.41 bits per heavy atom. The van der Waals surface area contributed by atoms with Crippen molar-refractivity contribution in [2.45, 2.75) is 18.9 Å². The molecule has 1 atom stereocenters. The topological polar surface area (TPSA) is 87.2 Å². The SMILES string of the molecule is CN=C(NCC(=O)NCCOC)NCC(c1ccc(OC)cc1)N1CCCC1.I. The minimum atomic E-state index is -0.0914. The van der Waals surface area contributed by atoms with Crippen molar-refractivity contribution in [2.75, 3.05) is 60.6 Å². The van der Waals surface area contributed by atoms with Crippen LogP contribution in [0, 0.1) is 0 Å². The maximum Gasteiger partial charge on any atom is 0.239 e. The van der Waals surface area contributed by atoms with Crippen LogP contribution in [0.15, 0.2) is 29.3 Å². The molecule has 0 aromatic heterocycles. The number of nitrogens with zero attached hydrogens (tertiary/aromatic N) is 2. The third kappa shape index (κ3) is 8.75. The van der Waals surface area contributed by atoms with Crippen LogP contribution in [-0.4, -0.2) is 77.4 Å². The molecule has 0 bridgehead atoms. The molecule has 0 aliphatic carbocycles. The highest BCUT2D eigenvalue weighted by Crippen LogP contribution is 2.26. The summed E-state index contributed by atoms with van der Waals surface area (Å²) in [6.45, 7) is 4.05. The third-order valence-corrected chi connectivity index (χ3v) is 4.81. The van der Waals surface area contributed by atoms with E-state index in [1.54, 1.807) is 21.3 Å². The molecule has 9 heteroatoms. The minimum absolute atomic E-state index is 0. The van der Waals surface area contributed by atoms with Gasteiger partial charge in [0, 0.05) is 27.2 Å². The molecule has 1 heterocycles. The first-order valence-electron chi connectivity index (χ1n) is 9.76. The summed E-state index contributed by atoms with van der Waals surface area (Å²) < 4.78 is 10.2. The van der Waals surface area contributed by atoms with Crippen molar-refractivity contribution in [3.63, 3.8) is 0 Å². The van der Waals surface area contributed by atoms with Gasteiger partial charge < -0.3 is 25.4 Å². The van der Waals surface area contributed by atoms with Crippen molar-refractivity contribution < 1.29 is 14.3 Å². The molecule has 29 heavy (non-hydrogen) atoms. The van der Waals surface area contributed by atoms with Crippen LogP contribution in [0.2, 0.25) is 0 Å². The predicted octanol–water partition coefficient (Wildman–Crippen LogP) is 1.38. The number of carbonyl (C=O) groups excluding carboxylic acids is 1. The van der Waals surface area contributed by atoms with E-state index in [0.29, 0.717) is 25.7 Å². The summed E-state index contributed by atoms with van der Waals surface area (Å²) in [5, 5.41) is 9.20. The molecule has 0 radical (unpaired) electrons. The number of hydrogen-bond acceptors (Lipinski definition) is 5. The maximum atomic E-state index is 11.8. The monoisotopic (exact) mass is 519 g/mol. The Labute approximate surface area is 190 Å². The first-order valence-corrected chi connectivity index (χ1v) is 9.76. The first kappa shape index (κ1) is 25.4. The van der Waals surface area contributed by atoms with Crippen molar-refractivity contribution in [1.82, 2.24) is 20.9 Å². The molecule has 1 aromatic rings. The van der Waals surface area contributed by atoms with E-state index in [9.17, 15) is 4.79 Å². The number of likely N-dealkylation sites (tertiary alicyclic amines) is 1. The van der Waals surface area contributed by atoms with Gasteiger partial charge in [-0.15, -0.1) is 24.0 Å². The van der Waals surface area contributed by atoms with Crippen LogP contribution in [-0.2, 0) is 9.53 Å². The number of ether oxygens (including phenoxy) is 2. The minimum Gasteiger partial charge on any atom is -0.497 e. The second kappa shape index (κ2) is 14.4. The van der Waals surface area contributed by atoms with Crippen LogP contribution in [0.3, 0.4) is 0 Å². The number of hydrogen-bond donors (Lipinski definition) is 3. The van der Waals surface area contributed by atoms with Crippen molar-refractivity contribution in [1.29, 1.82) is 0 Å². The number of amides is 1. The summed E-state index contributed by atoms with van der Waals surface area (Å²) in [5.41, 5.74) is 1.24. The standard InChI is InChI=1S/C20H33N5O3.HI/c1-21-20(24-15-19(26)22-10-13-27-2)23-14-18(25-11-4-5-12-25)16-6-8-17(28-3)9-7-16;/h6-9,18H,4-5,10-15H2,1-3H3,(H,22,26)(H2,21,23,24);1H. The third-order valence-electron chi connectivity index (χ3n) is 4.81. The Bertz CT molecular complexity index is 621. The molecule has 0 spiro atoms. The van der Waals surface area contributed by atoms with Gasteiger partial charge in [0.05, 0.1) is 26.3 Å². The maximum absolute atomic E-state index is 11.8. The van der Waals surface area contributed by atoms with E-state index in [1.165, 1.54) is 18.4 Å². The molecule has 3 N–H and O–H groups in total. The van der Waals surface area contributed by atoms with E-state index >= 15 is 0 Å². The highest BCUT2D eigenvalue weighted by atomic mass is 127. The van der Waals surface area contributed by atoms with Crippen molar-refractivity contribution in [2.24, 2.45) is 4.99 Å². The van der Waals surface area contributed by atoms with Crippen LogP contribution >= 0.6 is 24.0 Å². The van der Waals surface area contributed by atoms with Gasteiger partial charge in [-0.2, -0.15) is 0 Å². The van der Waals surface area contributed by atoms with E-state index < -0.39 is 0 Å². The van der Waals surface area contributed by atoms with E-state index in [2.05, 4.69) is 38.0 Å². The molecule has 1 fully saturated rings. The normalized spacial score (nSPS) is 15.3. The molecule has 1 saturated heterocycles. The fraction of sp³-hybridized carbons (Fsp3) is 0.600. The Morgan fingerprint density at radius 1 is 1.14 bits per heavy atom. The highest BCUT2D eigenvalue weighted by Gasteiger charge is 2.23. The number of guanidine groups is 1. The van der Waals surface area contributed by atoms with Crippen LogP contribution in [0.4, 0.5) is 0 Å². The summed E-state index contributed by atoms with van der Waals surface area (Å²) in [6.07, 6.45) is 2.45. The predicted molar refractivity (Wildman–Crippen MR) is 126 cm³/mol. The number of rotatable bonds is 10. The van der Waals surface area contributed by atoms with Gasteiger partial charge >= 0.3 is 0 Å². The van der Waals surface area contributed by atoms with Gasteiger partial charge in [-0.1, -0.05) is 12.1 Å². The largest absolute Gasteiger partial charge is 0.497 e. The van der Waals surface area contributed by atoms with Gasteiger partial charge in [0.1, 0.15) is 5.75 Å². The van der Waals surface area contributed by atoms with Crippen molar-refractivity contribution in [3.8, 4) is 5.75 Å². The first-order chi connectivity index (χ1) is 13.7. The van der Waals surface area contributed by atoms with Crippen LogP contribution in [0.25, 0.3) is 0 Å². The summed E-state index contributed by atoms with van der Waals surface area (Å²) >= 11 is 0. The van der Waals surface area contributed by atoms with E-state index in [-0.39, 0.29) is 42.5 Å². The van der Waals surface area contributed by atoms with Gasteiger partial charge in [-0.25, -0.2) is 0 Å². The zero-order valence-electron chi connectivity index (χ0n) is 17.6. The molecule has 2 rings (SSSR count). The molecule has 1 aromatic carbocycles. The Balaban J connectivity index is 0.00000420. The van der Waals surface area contributed by atoms with Crippen molar-refractivity contribution >= 4 is 35.8 Å². The lowest BCUT2D eigenvalue weighted by atomic mass is 10.1. The van der Waals surface area contributed by atoms with Gasteiger partial charge in [0.25, 0.3) is 0 Å². The second-order valence-corrected chi connectivity index (χ2v) is 6.68. The van der Waals surface area contributed by atoms with Crippen LogP contribution in [0.1, 0.15) is 24.4 Å². The Hall–Kier alpha value is -1.59. The lowest BCUT2D eigenvalue weighted by molar-refractivity contribution is -0.120. The average Bonchev–Trinajstić information content (AvgIpc) is 3.25. The van der Waals surface area contributed by atoms with Gasteiger partial charge in [0.15, 0.2) is 5.96 Å². The molecular weight excluding hydrogens is 485 g/mol. The Morgan fingerprint density at radius 2 is 1.83 bits per heavy atom. The van der Waals surface area contributed by atoms with Gasteiger partial charge in [-0.05, 0) is 43.6 Å². The molecule has 8 nitrogen and oxygen atoms in total. The summed E-state index contributed by atoms with van der Waals surface area (Å²) in [6, 6.07) is 8.46. The summed E-state index contributed by atoms with van der Waals surface area (Å²) in [7, 11) is 4.99. The molecule has 1 aliphatic rings. The lowest BCUT2D eigenvalue weighted by Crippen LogP contribution is -2.46. The van der Waals surface area contributed by atoms with Gasteiger partial charge in [0.2, 0.25) is 5.91 Å². The number of nitrogens with one attached hydrogen (secondary N) is 3. The zero-order chi connectivity index (χ0) is 20.2. The summed E-state index contributed by atoms with van der Waals surface area (Å²) in [5.74, 6) is 1.37. The number of methoxy groups -OCH3 is 2. The Kier molecular flexibility index (Phi) is 12.6. The number of carbonyl (C=O) groups is 1. The second-order valence-electron chi connectivity index (χ2n) is 6.68. The quantitative estimate of drug-likeness (QED) is 0.188. The van der Waals surface area contributed by atoms with Crippen LogP contribution < -0.4 is 20.7 Å². The molecule has 164 valence electrons. The molecule has 1 unspecified atom stereocenters. The van der Waals surface area contributed by atoms with E-state index in [4.69, 9.17) is 9.47 Å². The van der Waals surface area contributed by atoms with Gasteiger partial charge in [-0.3, -0.25) is 14.7 Å². The van der Waals surface area contributed by atoms with Crippen LogP contribution in [0.5, 0.6) is 5.75 Å². The molecule has 0 saturated carbocycles. The smallest absolute Gasteiger partial charge is 0.239 e. The molecule has 1 aliphatic heterocycles. The van der Waals surface area contributed by atoms with E-state index in [0.717, 1.165) is 18.8 Å². The number of benzene rings is 1. The fourth-order valence-corrected chi connectivity index (χ4v) is 3.27. The fourth-order valence-electron chi connectivity index (χ4n) is 3.27. The van der Waals surface area contributed by atoms with Crippen molar-refractivity contribution in [3.05, 3.63) is 29.8 Å². The molecule has 1 amide bonds. The summed E-state index contributed by atoms with van der Waals surface area (Å²) in [4.78, 5) is 18.5. The zero-order valence-corrected chi connectivity index (χ0v) is 19.9.